The van der Waals surface area contributed by atoms with Crippen LogP contribution in [0.5, 0.6) is 11.5 Å². The van der Waals surface area contributed by atoms with Crippen molar-refractivity contribution in [2.24, 2.45) is 0 Å². The number of aryl methyl sites for hydroxylation is 1. The molecule has 2 heterocycles. The lowest BCUT2D eigenvalue weighted by Crippen LogP contribution is -2.11. The highest BCUT2D eigenvalue weighted by molar-refractivity contribution is 6.10. The van der Waals surface area contributed by atoms with Crippen molar-refractivity contribution >= 4 is 22.1 Å². The van der Waals surface area contributed by atoms with E-state index >= 15 is 0 Å². The lowest BCUT2D eigenvalue weighted by Gasteiger charge is -2.20. The molecule has 1 aromatic carbocycles. The van der Waals surface area contributed by atoms with Gasteiger partial charge in [-0.05, 0) is 18.4 Å². The van der Waals surface area contributed by atoms with Crippen LogP contribution in [0.2, 0.25) is 0 Å². The van der Waals surface area contributed by atoms with Gasteiger partial charge in [-0.1, -0.05) is 20.8 Å². The number of aromatic hydroxyl groups is 2. The van der Waals surface area contributed by atoms with Crippen LogP contribution in [-0.4, -0.2) is 20.4 Å². The maximum Gasteiger partial charge on any atom is 0.246 e. The Balaban J connectivity index is 2.51. The summed E-state index contributed by atoms with van der Waals surface area (Å²) in [5.74, 6) is 0.165. The van der Waals surface area contributed by atoms with Gasteiger partial charge in [0.15, 0.2) is 11.3 Å². The van der Waals surface area contributed by atoms with E-state index in [0.717, 1.165) is 5.69 Å². The van der Waals surface area contributed by atoms with Crippen molar-refractivity contribution in [3.8, 4) is 11.5 Å². The fraction of sp³-hybridized carbons (Fsp3) is 0.357. The number of nitrogens with one attached hydrogen (secondary N) is 1. The number of furan rings is 1. The molecule has 3 rings (SSSR count). The van der Waals surface area contributed by atoms with E-state index < -0.39 is 0 Å². The van der Waals surface area contributed by atoms with Crippen LogP contribution in [0.25, 0.3) is 22.1 Å². The van der Waals surface area contributed by atoms with Gasteiger partial charge in [0.2, 0.25) is 5.71 Å². The molecule has 0 aliphatic rings. The van der Waals surface area contributed by atoms with Crippen LogP contribution in [0.1, 0.15) is 32.0 Å². The SMILES string of the molecule is Cc1[nH]nc2oc3c(O)c(C(C)(C)C)cc(O)c3c12. The summed E-state index contributed by atoms with van der Waals surface area (Å²) in [5.41, 5.74) is 1.84. The van der Waals surface area contributed by atoms with Crippen molar-refractivity contribution in [2.45, 2.75) is 33.1 Å². The van der Waals surface area contributed by atoms with Crippen molar-refractivity contribution < 1.29 is 14.6 Å². The number of phenolic OH excluding ortho intramolecular Hbond substituents is 2. The van der Waals surface area contributed by atoms with Crippen LogP contribution >= 0.6 is 0 Å². The average molecular weight is 260 g/mol. The number of fused-ring (bicyclic) bond motifs is 3. The second kappa shape index (κ2) is 3.44. The van der Waals surface area contributed by atoms with Gasteiger partial charge in [-0.15, -0.1) is 5.10 Å². The molecule has 5 heteroatoms. The number of hydrogen-bond acceptors (Lipinski definition) is 4. The normalized spacial score (nSPS) is 12.6. The Bertz CT molecular complexity index is 791. The molecule has 0 unspecified atom stereocenters. The first kappa shape index (κ1) is 11.9. The van der Waals surface area contributed by atoms with E-state index in [9.17, 15) is 10.2 Å². The van der Waals surface area contributed by atoms with Crippen molar-refractivity contribution in [1.29, 1.82) is 0 Å². The topological polar surface area (TPSA) is 82.3 Å². The molecule has 3 N–H and O–H groups in total. The van der Waals surface area contributed by atoms with Gasteiger partial charge in [0.1, 0.15) is 5.75 Å². The van der Waals surface area contributed by atoms with Crippen molar-refractivity contribution in [3.05, 3.63) is 17.3 Å². The third-order valence-electron chi connectivity index (χ3n) is 3.41. The second-order valence-electron chi connectivity index (χ2n) is 5.88. The van der Waals surface area contributed by atoms with Gasteiger partial charge in [-0.3, -0.25) is 5.10 Å². The molecular formula is C14H16N2O3. The van der Waals surface area contributed by atoms with E-state index in [-0.39, 0.29) is 16.9 Å². The molecule has 0 aliphatic heterocycles. The molecule has 0 amide bonds. The van der Waals surface area contributed by atoms with E-state index in [2.05, 4.69) is 10.2 Å². The van der Waals surface area contributed by atoms with Gasteiger partial charge in [0.05, 0.1) is 10.8 Å². The number of nitrogens with zero attached hydrogens (tertiary/aromatic N) is 1. The van der Waals surface area contributed by atoms with Crippen molar-refractivity contribution in [2.75, 3.05) is 0 Å². The molecule has 0 radical (unpaired) electrons. The molecule has 0 bridgehead atoms. The molecule has 5 nitrogen and oxygen atoms in total. The van der Waals surface area contributed by atoms with E-state index in [1.54, 1.807) is 6.07 Å². The van der Waals surface area contributed by atoms with E-state index in [0.29, 0.717) is 27.6 Å². The third kappa shape index (κ3) is 1.51. The standard InChI is InChI=1S/C14H16N2O3/c1-6-9-10-8(17)5-7(14(2,3)4)11(18)12(10)19-13(9)16-15-6/h5,17-18H,1-4H3,(H,15,16). The molecule has 0 saturated carbocycles. The number of benzene rings is 1. The number of aromatic amines is 1. The van der Waals surface area contributed by atoms with Gasteiger partial charge >= 0.3 is 0 Å². The molecule has 0 saturated heterocycles. The molecule has 2 aromatic heterocycles. The number of rotatable bonds is 0. The van der Waals surface area contributed by atoms with Crippen LogP contribution in [0.3, 0.4) is 0 Å². The molecule has 0 spiro atoms. The second-order valence-corrected chi connectivity index (χ2v) is 5.88. The van der Waals surface area contributed by atoms with Crippen molar-refractivity contribution in [1.82, 2.24) is 10.2 Å². The zero-order chi connectivity index (χ0) is 13.9. The molecule has 0 aliphatic carbocycles. The fourth-order valence-electron chi connectivity index (χ4n) is 2.42. The largest absolute Gasteiger partial charge is 0.507 e. The summed E-state index contributed by atoms with van der Waals surface area (Å²) < 4.78 is 5.57. The first-order valence-electron chi connectivity index (χ1n) is 6.13. The van der Waals surface area contributed by atoms with Gasteiger partial charge in [-0.25, -0.2) is 0 Å². The Morgan fingerprint density at radius 2 is 1.89 bits per heavy atom. The minimum atomic E-state index is -0.291. The van der Waals surface area contributed by atoms with E-state index in [1.807, 2.05) is 27.7 Å². The maximum absolute atomic E-state index is 10.4. The van der Waals surface area contributed by atoms with Crippen LogP contribution in [-0.2, 0) is 5.41 Å². The number of H-pyrrole nitrogens is 1. The summed E-state index contributed by atoms with van der Waals surface area (Å²) in [6.45, 7) is 7.74. The fourth-order valence-corrected chi connectivity index (χ4v) is 2.42. The molecule has 3 aromatic rings. The highest BCUT2D eigenvalue weighted by atomic mass is 16.4. The molecule has 19 heavy (non-hydrogen) atoms. The minimum Gasteiger partial charge on any atom is -0.507 e. The zero-order valence-corrected chi connectivity index (χ0v) is 11.3. The minimum absolute atomic E-state index is 0.0673. The van der Waals surface area contributed by atoms with Gasteiger partial charge < -0.3 is 14.6 Å². The highest BCUT2D eigenvalue weighted by Gasteiger charge is 2.26. The number of hydrogen-bond donors (Lipinski definition) is 3. The zero-order valence-electron chi connectivity index (χ0n) is 11.3. The van der Waals surface area contributed by atoms with Crippen molar-refractivity contribution in [3.63, 3.8) is 0 Å². The van der Waals surface area contributed by atoms with Crippen LogP contribution < -0.4 is 0 Å². The number of aromatic nitrogens is 2. The molecule has 0 atom stereocenters. The predicted molar refractivity (Wildman–Crippen MR) is 72.6 cm³/mol. The summed E-state index contributed by atoms with van der Waals surface area (Å²) in [6, 6.07) is 1.60. The predicted octanol–water partition coefficient (Wildman–Crippen LogP) is 3.33. The summed E-state index contributed by atoms with van der Waals surface area (Å²) >= 11 is 0. The van der Waals surface area contributed by atoms with Crippen LogP contribution in [0.15, 0.2) is 10.5 Å². The Hall–Kier alpha value is -2.17. The van der Waals surface area contributed by atoms with E-state index in [1.165, 1.54) is 0 Å². The first-order chi connectivity index (χ1) is 8.80. The van der Waals surface area contributed by atoms with Crippen LogP contribution in [0.4, 0.5) is 0 Å². The molecular weight excluding hydrogens is 244 g/mol. The summed E-state index contributed by atoms with van der Waals surface area (Å²) in [6.07, 6.45) is 0. The first-order valence-corrected chi connectivity index (χ1v) is 6.13. The lowest BCUT2D eigenvalue weighted by atomic mass is 9.85. The Morgan fingerprint density at radius 3 is 2.53 bits per heavy atom. The summed E-state index contributed by atoms with van der Waals surface area (Å²) in [5, 5.41) is 28.7. The quantitative estimate of drug-likeness (QED) is 0.541. The maximum atomic E-state index is 10.4. The van der Waals surface area contributed by atoms with E-state index in [4.69, 9.17) is 4.42 Å². The Labute approximate surface area is 109 Å². The van der Waals surface area contributed by atoms with Gasteiger partial charge in [-0.2, -0.15) is 0 Å². The molecule has 0 fully saturated rings. The third-order valence-corrected chi connectivity index (χ3v) is 3.41. The highest BCUT2D eigenvalue weighted by Crippen LogP contribution is 2.45. The summed E-state index contributed by atoms with van der Waals surface area (Å²) in [7, 11) is 0. The van der Waals surface area contributed by atoms with Gasteiger partial charge in [0.25, 0.3) is 0 Å². The number of phenols is 2. The monoisotopic (exact) mass is 260 g/mol. The average Bonchev–Trinajstić information content (AvgIpc) is 2.83. The lowest BCUT2D eigenvalue weighted by molar-refractivity contribution is 0.433. The van der Waals surface area contributed by atoms with Gasteiger partial charge in [0, 0.05) is 11.3 Å². The summed E-state index contributed by atoms with van der Waals surface area (Å²) in [4.78, 5) is 0. The smallest absolute Gasteiger partial charge is 0.246 e. The Morgan fingerprint density at radius 1 is 1.21 bits per heavy atom. The molecule has 100 valence electrons. The Kier molecular flexibility index (Phi) is 2.15. The van der Waals surface area contributed by atoms with Crippen LogP contribution in [0, 0.1) is 6.92 Å².